The summed E-state index contributed by atoms with van der Waals surface area (Å²) >= 11 is 0. The van der Waals surface area contributed by atoms with Crippen LogP contribution in [0.3, 0.4) is 0 Å². The molecular formula is C19H29IN4O2. The summed E-state index contributed by atoms with van der Waals surface area (Å²) in [5, 5.41) is 6.65. The van der Waals surface area contributed by atoms with E-state index in [1.54, 1.807) is 14.2 Å². The summed E-state index contributed by atoms with van der Waals surface area (Å²) in [6.07, 6.45) is 4.12. The number of aryl methyl sites for hydroxylation is 2. The third-order valence-corrected chi connectivity index (χ3v) is 3.79. The van der Waals surface area contributed by atoms with Crippen LogP contribution >= 0.6 is 24.0 Å². The minimum Gasteiger partial charge on any atom is -0.491 e. The van der Waals surface area contributed by atoms with Crippen molar-refractivity contribution in [3.8, 4) is 5.75 Å². The maximum atomic E-state index is 5.83. The Morgan fingerprint density at radius 2 is 1.92 bits per heavy atom. The Balaban J connectivity index is 0.00000338. The van der Waals surface area contributed by atoms with Crippen LogP contribution in [0, 0.1) is 6.92 Å². The molecule has 26 heavy (non-hydrogen) atoms. The van der Waals surface area contributed by atoms with Gasteiger partial charge in [-0.05, 0) is 30.2 Å². The van der Waals surface area contributed by atoms with Gasteiger partial charge in [0.25, 0.3) is 0 Å². The molecule has 0 bridgehead atoms. The van der Waals surface area contributed by atoms with Crippen molar-refractivity contribution in [3.05, 3.63) is 53.3 Å². The van der Waals surface area contributed by atoms with Crippen LogP contribution in [0.4, 0.5) is 0 Å². The molecule has 1 aromatic heterocycles. The van der Waals surface area contributed by atoms with E-state index in [0.29, 0.717) is 19.8 Å². The molecule has 2 rings (SSSR count). The Bertz CT molecular complexity index is 701. The molecule has 0 aliphatic carbocycles. The van der Waals surface area contributed by atoms with Gasteiger partial charge in [-0.3, -0.25) is 4.99 Å². The first-order valence-corrected chi connectivity index (χ1v) is 8.39. The lowest BCUT2D eigenvalue weighted by Crippen LogP contribution is -2.36. The average molecular weight is 472 g/mol. The number of aromatic nitrogens is 1. The maximum absolute atomic E-state index is 5.83. The fourth-order valence-corrected chi connectivity index (χ4v) is 2.43. The van der Waals surface area contributed by atoms with E-state index >= 15 is 0 Å². The molecule has 2 aromatic rings. The number of methoxy groups -OCH3 is 1. The van der Waals surface area contributed by atoms with Crippen LogP contribution in [0.1, 0.15) is 16.7 Å². The number of rotatable bonds is 8. The third-order valence-electron chi connectivity index (χ3n) is 3.79. The standard InChI is InChI=1S/C19H28N4O2.HI/c1-15-5-6-17(18(11-15)25-10-9-24-4)13-22-19(20-2)21-12-16-7-8-23(3)14-16;/h5-8,11,14H,9-10,12-13H2,1-4H3,(H2,20,21,22);1H. The smallest absolute Gasteiger partial charge is 0.191 e. The van der Waals surface area contributed by atoms with E-state index in [-0.39, 0.29) is 24.0 Å². The van der Waals surface area contributed by atoms with Gasteiger partial charge in [0.15, 0.2) is 5.96 Å². The number of halogens is 1. The van der Waals surface area contributed by atoms with Crippen LogP contribution in [0.2, 0.25) is 0 Å². The highest BCUT2D eigenvalue weighted by Gasteiger charge is 2.06. The van der Waals surface area contributed by atoms with Gasteiger partial charge in [-0.25, -0.2) is 0 Å². The van der Waals surface area contributed by atoms with E-state index in [2.05, 4.69) is 46.9 Å². The Kier molecular flexibility index (Phi) is 10.1. The highest BCUT2D eigenvalue weighted by atomic mass is 127. The van der Waals surface area contributed by atoms with Gasteiger partial charge in [0.2, 0.25) is 0 Å². The number of guanidine groups is 1. The first-order valence-electron chi connectivity index (χ1n) is 8.39. The molecule has 0 fully saturated rings. The number of benzene rings is 1. The third kappa shape index (κ3) is 7.25. The topological polar surface area (TPSA) is 59.8 Å². The molecule has 1 aromatic carbocycles. The van der Waals surface area contributed by atoms with Crippen molar-refractivity contribution in [2.24, 2.45) is 12.0 Å². The van der Waals surface area contributed by atoms with E-state index in [4.69, 9.17) is 9.47 Å². The van der Waals surface area contributed by atoms with Crippen LogP contribution in [0.25, 0.3) is 0 Å². The Labute approximate surface area is 173 Å². The summed E-state index contributed by atoms with van der Waals surface area (Å²) in [6.45, 7) is 4.53. The van der Waals surface area contributed by atoms with Crippen molar-refractivity contribution in [3.63, 3.8) is 0 Å². The fourth-order valence-electron chi connectivity index (χ4n) is 2.43. The molecule has 0 spiro atoms. The number of hydrogen-bond donors (Lipinski definition) is 2. The molecule has 0 saturated heterocycles. The molecule has 6 nitrogen and oxygen atoms in total. The number of nitrogens with one attached hydrogen (secondary N) is 2. The highest BCUT2D eigenvalue weighted by Crippen LogP contribution is 2.20. The zero-order chi connectivity index (χ0) is 18.1. The summed E-state index contributed by atoms with van der Waals surface area (Å²) in [7, 11) is 5.45. The van der Waals surface area contributed by atoms with Gasteiger partial charge >= 0.3 is 0 Å². The molecule has 2 N–H and O–H groups in total. The van der Waals surface area contributed by atoms with Crippen LogP contribution in [-0.4, -0.2) is 37.9 Å². The molecule has 1 heterocycles. The lowest BCUT2D eigenvalue weighted by atomic mass is 10.1. The van der Waals surface area contributed by atoms with Gasteiger partial charge in [0.1, 0.15) is 12.4 Å². The normalized spacial score (nSPS) is 11.0. The number of hydrogen-bond acceptors (Lipinski definition) is 3. The van der Waals surface area contributed by atoms with Crippen LogP contribution in [0.5, 0.6) is 5.75 Å². The predicted molar refractivity (Wildman–Crippen MR) is 116 cm³/mol. The Morgan fingerprint density at radius 1 is 1.15 bits per heavy atom. The van der Waals surface area contributed by atoms with Gasteiger partial charge in [0, 0.05) is 52.3 Å². The van der Waals surface area contributed by atoms with Crippen molar-refractivity contribution < 1.29 is 9.47 Å². The summed E-state index contributed by atoms with van der Waals surface area (Å²) in [5.74, 6) is 1.63. The quantitative estimate of drug-likeness (QED) is 0.269. The Morgan fingerprint density at radius 3 is 2.58 bits per heavy atom. The van der Waals surface area contributed by atoms with E-state index in [0.717, 1.165) is 23.8 Å². The number of nitrogens with zero attached hydrogens (tertiary/aromatic N) is 2. The first-order chi connectivity index (χ1) is 12.1. The lowest BCUT2D eigenvalue weighted by Gasteiger charge is -2.15. The fraction of sp³-hybridized carbons (Fsp3) is 0.421. The molecule has 0 aliphatic heterocycles. The van der Waals surface area contributed by atoms with E-state index in [1.165, 1.54) is 11.1 Å². The molecule has 0 unspecified atom stereocenters. The summed E-state index contributed by atoms with van der Waals surface area (Å²) in [6, 6.07) is 8.30. The zero-order valence-electron chi connectivity index (χ0n) is 15.9. The maximum Gasteiger partial charge on any atom is 0.191 e. The van der Waals surface area contributed by atoms with Crippen LogP contribution < -0.4 is 15.4 Å². The second-order valence-electron chi connectivity index (χ2n) is 5.92. The van der Waals surface area contributed by atoms with Crippen molar-refractivity contribution >= 4 is 29.9 Å². The minimum absolute atomic E-state index is 0. The first kappa shape index (κ1) is 22.3. The summed E-state index contributed by atoms with van der Waals surface area (Å²) < 4.78 is 12.9. The molecule has 0 radical (unpaired) electrons. The van der Waals surface area contributed by atoms with E-state index < -0.39 is 0 Å². The van der Waals surface area contributed by atoms with E-state index in [1.807, 2.05) is 23.9 Å². The lowest BCUT2D eigenvalue weighted by molar-refractivity contribution is 0.145. The molecule has 0 atom stereocenters. The molecule has 7 heteroatoms. The zero-order valence-corrected chi connectivity index (χ0v) is 18.2. The van der Waals surface area contributed by atoms with Crippen molar-refractivity contribution in [1.29, 1.82) is 0 Å². The van der Waals surface area contributed by atoms with Gasteiger partial charge in [-0.2, -0.15) is 0 Å². The molecule has 144 valence electrons. The molecule has 0 saturated carbocycles. The van der Waals surface area contributed by atoms with Crippen molar-refractivity contribution in [2.45, 2.75) is 20.0 Å². The van der Waals surface area contributed by atoms with Crippen molar-refractivity contribution in [2.75, 3.05) is 27.4 Å². The monoisotopic (exact) mass is 472 g/mol. The second kappa shape index (κ2) is 11.8. The van der Waals surface area contributed by atoms with Gasteiger partial charge in [-0.15, -0.1) is 24.0 Å². The highest BCUT2D eigenvalue weighted by molar-refractivity contribution is 14.0. The van der Waals surface area contributed by atoms with Gasteiger partial charge in [0.05, 0.1) is 6.61 Å². The second-order valence-corrected chi connectivity index (χ2v) is 5.92. The molecular weight excluding hydrogens is 443 g/mol. The molecule has 0 aliphatic rings. The average Bonchev–Trinajstić information content (AvgIpc) is 3.02. The predicted octanol–water partition coefficient (Wildman–Crippen LogP) is 2.84. The summed E-state index contributed by atoms with van der Waals surface area (Å²) in [5.41, 5.74) is 3.47. The largest absolute Gasteiger partial charge is 0.491 e. The minimum atomic E-state index is 0. The SMILES string of the molecule is CN=C(NCc1ccn(C)c1)NCc1ccc(C)cc1OCCOC.I. The van der Waals surface area contributed by atoms with Gasteiger partial charge < -0.3 is 24.7 Å². The number of aliphatic imine (C=N–C) groups is 1. The van der Waals surface area contributed by atoms with Crippen molar-refractivity contribution in [1.82, 2.24) is 15.2 Å². The van der Waals surface area contributed by atoms with Crippen LogP contribution in [0.15, 0.2) is 41.7 Å². The van der Waals surface area contributed by atoms with Gasteiger partial charge in [-0.1, -0.05) is 12.1 Å². The summed E-state index contributed by atoms with van der Waals surface area (Å²) in [4.78, 5) is 4.27. The molecule has 0 amide bonds. The van der Waals surface area contributed by atoms with Crippen LogP contribution in [-0.2, 0) is 24.9 Å². The number of ether oxygens (including phenoxy) is 2. The Hall–Kier alpha value is -1.74. The van der Waals surface area contributed by atoms with E-state index in [9.17, 15) is 0 Å².